The van der Waals surface area contributed by atoms with Gasteiger partial charge in [0.15, 0.2) is 0 Å². The number of aliphatic hydroxyl groups excluding tert-OH is 1. The van der Waals surface area contributed by atoms with E-state index in [1.54, 1.807) is 0 Å². The second-order valence-electron chi connectivity index (χ2n) is 5.50. The van der Waals surface area contributed by atoms with E-state index in [0.717, 1.165) is 30.9 Å². The van der Waals surface area contributed by atoms with Crippen LogP contribution in [0.15, 0.2) is 42.7 Å². The summed E-state index contributed by atoms with van der Waals surface area (Å²) >= 11 is 0. The maximum atomic E-state index is 10.3. The second kappa shape index (κ2) is 6.20. The third kappa shape index (κ3) is 3.08. The van der Waals surface area contributed by atoms with E-state index in [1.165, 1.54) is 6.42 Å². The first-order valence-electron chi connectivity index (χ1n) is 7.27. The zero-order valence-corrected chi connectivity index (χ0v) is 11.6. The first kappa shape index (κ1) is 13.3. The maximum absolute atomic E-state index is 10.3. The van der Waals surface area contributed by atoms with Crippen LogP contribution in [0.4, 0.5) is 0 Å². The molecule has 3 rings (SSSR count). The Bertz CT molecular complexity index is 512. The highest BCUT2D eigenvalue weighted by Crippen LogP contribution is 2.25. The predicted octanol–water partition coefficient (Wildman–Crippen LogP) is 2.32. The third-order valence-corrected chi connectivity index (χ3v) is 4.03. The van der Waals surface area contributed by atoms with Gasteiger partial charge in [-0.05, 0) is 24.9 Å². The Morgan fingerprint density at radius 1 is 1.35 bits per heavy atom. The van der Waals surface area contributed by atoms with Gasteiger partial charge in [0, 0.05) is 31.4 Å². The molecule has 0 bridgehead atoms. The van der Waals surface area contributed by atoms with Gasteiger partial charge >= 0.3 is 0 Å². The van der Waals surface area contributed by atoms with Crippen molar-refractivity contribution in [1.82, 2.24) is 14.9 Å². The van der Waals surface area contributed by atoms with E-state index in [0.29, 0.717) is 12.5 Å². The molecule has 4 nitrogen and oxygen atoms in total. The lowest BCUT2D eigenvalue weighted by atomic mass is 9.96. The van der Waals surface area contributed by atoms with E-state index in [9.17, 15) is 5.11 Å². The minimum absolute atomic E-state index is 0.411. The molecule has 1 fully saturated rings. The average molecular weight is 271 g/mol. The monoisotopic (exact) mass is 271 g/mol. The van der Waals surface area contributed by atoms with Crippen LogP contribution in [0.3, 0.4) is 0 Å². The minimum atomic E-state index is -0.411. The molecule has 0 saturated carbocycles. The summed E-state index contributed by atoms with van der Waals surface area (Å²) in [5, 5.41) is 10.3. The molecule has 0 radical (unpaired) electrons. The van der Waals surface area contributed by atoms with Crippen molar-refractivity contribution in [1.29, 1.82) is 0 Å². The molecule has 1 saturated heterocycles. The number of aliphatic hydroxyl groups is 1. The van der Waals surface area contributed by atoms with Gasteiger partial charge in [-0.15, -0.1) is 0 Å². The lowest BCUT2D eigenvalue weighted by molar-refractivity contribution is 0.0946. The first-order valence-corrected chi connectivity index (χ1v) is 7.27. The van der Waals surface area contributed by atoms with Crippen molar-refractivity contribution in [3.8, 4) is 0 Å². The highest BCUT2D eigenvalue weighted by molar-refractivity contribution is 5.17. The SMILES string of the molecule is O[C@H](CN1CCCC(c2ncc[nH]2)C1)c1ccccc1. The van der Waals surface area contributed by atoms with Crippen molar-refractivity contribution in [2.75, 3.05) is 19.6 Å². The minimum Gasteiger partial charge on any atom is -0.387 e. The number of aromatic amines is 1. The van der Waals surface area contributed by atoms with Gasteiger partial charge < -0.3 is 10.1 Å². The number of hydrogen-bond donors (Lipinski definition) is 2. The molecule has 2 atom stereocenters. The molecule has 0 aliphatic carbocycles. The molecule has 1 unspecified atom stereocenters. The third-order valence-electron chi connectivity index (χ3n) is 4.03. The van der Waals surface area contributed by atoms with Crippen LogP contribution in [0.25, 0.3) is 0 Å². The van der Waals surface area contributed by atoms with Gasteiger partial charge in [-0.3, -0.25) is 4.90 Å². The number of H-pyrrole nitrogens is 1. The van der Waals surface area contributed by atoms with E-state index < -0.39 is 6.10 Å². The van der Waals surface area contributed by atoms with Crippen LogP contribution in [-0.2, 0) is 0 Å². The largest absolute Gasteiger partial charge is 0.387 e. The fourth-order valence-electron chi connectivity index (χ4n) is 2.97. The van der Waals surface area contributed by atoms with E-state index in [4.69, 9.17) is 0 Å². The highest BCUT2D eigenvalue weighted by atomic mass is 16.3. The van der Waals surface area contributed by atoms with Gasteiger partial charge in [0.25, 0.3) is 0 Å². The Kier molecular flexibility index (Phi) is 4.14. The Morgan fingerprint density at radius 3 is 2.95 bits per heavy atom. The molecule has 1 aromatic heterocycles. The topological polar surface area (TPSA) is 52.1 Å². The molecule has 4 heteroatoms. The van der Waals surface area contributed by atoms with Crippen LogP contribution in [0, 0.1) is 0 Å². The molecule has 2 heterocycles. The number of rotatable bonds is 4. The molecule has 0 amide bonds. The van der Waals surface area contributed by atoms with Gasteiger partial charge in [0.05, 0.1) is 6.10 Å². The first-order chi connectivity index (χ1) is 9.83. The maximum Gasteiger partial charge on any atom is 0.110 e. The van der Waals surface area contributed by atoms with Gasteiger partial charge in [-0.1, -0.05) is 30.3 Å². The number of nitrogens with zero attached hydrogens (tertiary/aromatic N) is 2. The molecule has 2 aromatic rings. The predicted molar refractivity (Wildman–Crippen MR) is 78.4 cm³/mol. The number of nitrogens with one attached hydrogen (secondary N) is 1. The van der Waals surface area contributed by atoms with Crippen molar-refractivity contribution in [2.24, 2.45) is 0 Å². The van der Waals surface area contributed by atoms with Crippen molar-refractivity contribution in [3.05, 3.63) is 54.1 Å². The van der Waals surface area contributed by atoms with Crippen LogP contribution >= 0.6 is 0 Å². The van der Waals surface area contributed by atoms with Crippen LogP contribution in [-0.4, -0.2) is 39.6 Å². The van der Waals surface area contributed by atoms with Crippen molar-refractivity contribution in [2.45, 2.75) is 24.9 Å². The summed E-state index contributed by atoms with van der Waals surface area (Å²) in [6, 6.07) is 9.89. The van der Waals surface area contributed by atoms with E-state index in [-0.39, 0.29) is 0 Å². The zero-order valence-electron chi connectivity index (χ0n) is 11.6. The quantitative estimate of drug-likeness (QED) is 0.897. The van der Waals surface area contributed by atoms with Gasteiger partial charge in [0.1, 0.15) is 5.82 Å². The normalized spacial score (nSPS) is 21.8. The van der Waals surface area contributed by atoms with Crippen LogP contribution in [0.5, 0.6) is 0 Å². The highest BCUT2D eigenvalue weighted by Gasteiger charge is 2.24. The van der Waals surface area contributed by atoms with E-state index in [2.05, 4.69) is 14.9 Å². The van der Waals surface area contributed by atoms with Crippen molar-refractivity contribution < 1.29 is 5.11 Å². The Hall–Kier alpha value is -1.65. The fraction of sp³-hybridized carbons (Fsp3) is 0.438. The number of hydrogen-bond acceptors (Lipinski definition) is 3. The van der Waals surface area contributed by atoms with E-state index in [1.807, 2.05) is 42.7 Å². The molecule has 2 N–H and O–H groups in total. The summed E-state index contributed by atoms with van der Waals surface area (Å²) in [5.41, 5.74) is 0.993. The second-order valence-corrected chi connectivity index (χ2v) is 5.50. The number of piperidine rings is 1. The van der Waals surface area contributed by atoms with Gasteiger partial charge in [0.2, 0.25) is 0 Å². The summed E-state index contributed by atoms with van der Waals surface area (Å²) in [7, 11) is 0. The van der Waals surface area contributed by atoms with Crippen LogP contribution < -0.4 is 0 Å². The molecule has 1 aliphatic rings. The average Bonchev–Trinajstić information content (AvgIpc) is 3.03. The van der Waals surface area contributed by atoms with Crippen LogP contribution in [0.2, 0.25) is 0 Å². The number of aromatic nitrogens is 2. The van der Waals surface area contributed by atoms with Crippen molar-refractivity contribution in [3.63, 3.8) is 0 Å². The molecular formula is C16H21N3O. The Labute approximate surface area is 119 Å². The smallest absolute Gasteiger partial charge is 0.110 e. The summed E-state index contributed by atoms with van der Waals surface area (Å²) in [5.74, 6) is 1.53. The van der Waals surface area contributed by atoms with Crippen molar-refractivity contribution >= 4 is 0 Å². The molecule has 20 heavy (non-hydrogen) atoms. The number of benzene rings is 1. The lowest BCUT2D eigenvalue weighted by Gasteiger charge is -2.33. The molecule has 0 spiro atoms. The summed E-state index contributed by atoms with van der Waals surface area (Å²) in [4.78, 5) is 9.92. The number of β-amino-alcohol motifs (C(OH)–C–C–N with tert-alkyl or cyclic N) is 1. The molecule has 1 aromatic carbocycles. The standard InChI is InChI=1S/C16H21N3O/c20-15(13-5-2-1-3-6-13)12-19-10-4-7-14(11-19)16-17-8-9-18-16/h1-3,5-6,8-9,14-15,20H,4,7,10-12H2,(H,17,18)/t14?,15-/m1/s1. The number of likely N-dealkylation sites (tertiary alicyclic amines) is 1. The fourth-order valence-corrected chi connectivity index (χ4v) is 2.97. The molecule has 106 valence electrons. The summed E-state index contributed by atoms with van der Waals surface area (Å²) in [6.45, 7) is 2.72. The number of imidazole rings is 1. The van der Waals surface area contributed by atoms with Gasteiger partial charge in [-0.25, -0.2) is 4.98 Å². The molecular weight excluding hydrogens is 250 g/mol. The van der Waals surface area contributed by atoms with Crippen LogP contribution in [0.1, 0.15) is 36.3 Å². The summed E-state index contributed by atoms with van der Waals surface area (Å²) in [6.07, 6.45) is 5.62. The van der Waals surface area contributed by atoms with E-state index >= 15 is 0 Å². The molecule has 1 aliphatic heterocycles. The Morgan fingerprint density at radius 2 is 2.20 bits per heavy atom. The van der Waals surface area contributed by atoms with Gasteiger partial charge in [-0.2, -0.15) is 0 Å². The Balaban J connectivity index is 1.60. The summed E-state index contributed by atoms with van der Waals surface area (Å²) < 4.78 is 0. The lowest BCUT2D eigenvalue weighted by Crippen LogP contribution is -2.37. The zero-order chi connectivity index (χ0) is 13.8.